The monoisotopic (exact) mass is 459 g/mol. The maximum Gasteiger partial charge on any atom is 0.264 e. The highest BCUT2D eigenvalue weighted by molar-refractivity contribution is 7.12. The number of amides is 2. The molecule has 5 nitrogen and oxygen atoms in total. The van der Waals surface area contributed by atoms with Gasteiger partial charge >= 0.3 is 0 Å². The van der Waals surface area contributed by atoms with Crippen LogP contribution in [0.25, 0.3) is 0 Å². The van der Waals surface area contributed by atoms with E-state index in [1.807, 2.05) is 34.5 Å². The van der Waals surface area contributed by atoms with Crippen molar-refractivity contribution >= 4 is 23.2 Å². The minimum Gasteiger partial charge on any atom is -0.338 e. The highest BCUT2D eigenvalue weighted by Crippen LogP contribution is 2.30. The number of hydrogen-bond acceptors (Lipinski definition) is 4. The van der Waals surface area contributed by atoms with Crippen molar-refractivity contribution < 1.29 is 9.59 Å². The van der Waals surface area contributed by atoms with Crippen molar-refractivity contribution in [3.05, 3.63) is 94.2 Å². The first-order valence-corrected chi connectivity index (χ1v) is 12.6. The zero-order chi connectivity index (χ0) is 22.6. The molecule has 2 amide bonds. The number of carbonyl (C=O) groups is 2. The second-order valence-electron chi connectivity index (χ2n) is 8.72. The van der Waals surface area contributed by atoms with E-state index in [-0.39, 0.29) is 23.9 Å². The Morgan fingerprint density at radius 2 is 1.42 bits per heavy atom. The number of likely N-dealkylation sites (tertiary alicyclic amines) is 1. The van der Waals surface area contributed by atoms with Gasteiger partial charge in [-0.1, -0.05) is 66.7 Å². The van der Waals surface area contributed by atoms with Crippen molar-refractivity contribution in [2.75, 3.05) is 32.7 Å². The molecule has 170 valence electrons. The summed E-state index contributed by atoms with van der Waals surface area (Å²) in [5.41, 5.74) is 2.54. The third kappa shape index (κ3) is 4.59. The van der Waals surface area contributed by atoms with Crippen LogP contribution in [0.3, 0.4) is 0 Å². The van der Waals surface area contributed by atoms with Crippen LogP contribution in [0.5, 0.6) is 0 Å². The van der Waals surface area contributed by atoms with Crippen LogP contribution in [0.2, 0.25) is 0 Å². The quantitative estimate of drug-likeness (QED) is 0.572. The molecule has 1 atom stereocenters. The second-order valence-corrected chi connectivity index (χ2v) is 9.67. The molecule has 2 fully saturated rings. The van der Waals surface area contributed by atoms with E-state index >= 15 is 0 Å². The van der Waals surface area contributed by atoms with E-state index in [0.717, 1.165) is 25.9 Å². The van der Waals surface area contributed by atoms with Gasteiger partial charge in [0.15, 0.2) is 0 Å². The molecular formula is C27H29N3O2S. The van der Waals surface area contributed by atoms with Gasteiger partial charge in [-0.3, -0.25) is 14.5 Å². The molecule has 5 rings (SSSR count). The van der Waals surface area contributed by atoms with Gasteiger partial charge in [-0.2, -0.15) is 0 Å². The van der Waals surface area contributed by atoms with Crippen LogP contribution in [0.1, 0.15) is 39.7 Å². The van der Waals surface area contributed by atoms with Gasteiger partial charge in [0.2, 0.25) is 5.91 Å². The Kier molecular flexibility index (Phi) is 6.55. The number of nitrogens with zero attached hydrogens (tertiary/aromatic N) is 3. The molecule has 2 aromatic carbocycles. The molecule has 2 aliphatic heterocycles. The summed E-state index contributed by atoms with van der Waals surface area (Å²) in [7, 11) is 0. The molecule has 0 aliphatic carbocycles. The first-order chi connectivity index (χ1) is 16.2. The Morgan fingerprint density at radius 3 is 2.00 bits per heavy atom. The minimum atomic E-state index is -0.329. The normalized spacial score (nSPS) is 19.2. The number of piperazine rings is 1. The summed E-state index contributed by atoms with van der Waals surface area (Å²) in [6, 6.07) is 24.8. The van der Waals surface area contributed by atoms with Gasteiger partial charge in [0.05, 0.1) is 10.9 Å². The van der Waals surface area contributed by atoms with Gasteiger partial charge in [0.25, 0.3) is 5.91 Å². The van der Waals surface area contributed by atoms with Gasteiger partial charge in [-0.15, -0.1) is 11.3 Å². The summed E-state index contributed by atoms with van der Waals surface area (Å²) in [4.78, 5) is 33.3. The fourth-order valence-electron chi connectivity index (χ4n) is 5.10. The number of rotatable bonds is 5. The van der Waals surface area contributed by atoms with Crippen molar-refractivity contribution in [1.82, 2.24) is 14.7 Å². The lowest BCUT2D eigenvalue weighted by atomic mass is 9.96. The minimum absolute atomic E-state index is 0.00675. The largest absolute Gasteiger partial charge is 0.338 e. The SMILES string of the molecule is O=C(C1CCCN1C(=O)c1cccs1)N1CCN(C(c2ccccc2)c2ccccc2)CC1. The van der Waals surface area contributed by atoms with E-state index in [0.29, 0.717) is 24.5 Å². The van der Waals surface area contributed by atoms with E-state index < -0.39 is 0 Å². The van der Waals surface area contributed by atoms with Crippen LogP contribution in [0.15, 0.2) is 78.2 Å². The Labute approximate surface area is 199 Å². The fraction of sp³-hybridized carbons (Fsp3) is 0.333. The van der Waals surface area contributed by atoms with E-state index in [4.69, 9.17) is 0 Å². The zero-order valence-electron chi connectivity index (χ0n) is 18.7. The molecular weight excluding hydrogens is 430 g/mol. The molecule has 1 aromatic heterocycles. The van der Waals surface area contributed by atoms with Gasteiger partial charge in [-0.05, 0) is 35.4 Å². The lowest BCUT2D eigenvalue weighted by Crippen LogP contribution is -2.54. The summed E-state index contributed by atoms with van der Waals surface area (Å²) < 4.78 is 0. The zero-order valence-corrected chi connectivity index (χ0v) is 19.5. The van der Waals surface area contributed by atoms with Crippen molar-refractivity contribution in [3.8, 4) is 0 Å². The molecule has 3 aromatic rings. The third-order valence-corrected chi connectivity index (χ3v) is 7.61. The van der Waals surface area contributed by atoms with E-state index in [2.05, 4.69) is 53.4 Å². The lowest BCUT2D eigenvalue weighted by molar-refractivity contribution is -0.137. The van der Waals surface area contributed by atoms with Gasteiger partial charge in [-0.25, -0.2) is 0 Å². The van der Waals surface area contributed by atoms with Gasteiger partial charge in [0.1, 0.15) is 6.04 Å². The molecule has 0 N–H and O–H groups in total. The van der Waals surface area contributed by atoms with Crippen LogP contribution in [-0.4, -0.2) is 65.3 Å². The lowest BCUT2D eigenvalue weighted by Gasteiger charge is -2.41. The van der Waals surface area contributed by atoms with Crippen molar-refractivity contribution in [2.45, 2.75) is 24.9 Å². The molecule has 2 aliphatic rings. The first kappa shape index (κ1) is 21.9. The van der Waals surface area contributed by atoms with Crippen LogP contribution in [0.4, 0.5) is 0 Å². The van der Waals surface area contributed by atoms with Crippen LogP contribution < -0.4 is 0 Å². The average Bonchev–Trinajstić information content (AvgIpc) is 3.58. The Balaban J connectivity index is 1.28. The highest BCUT2D eigenvalue weighted by atomic mass is 32.1. The van der Waals surface area contributed by atoms with E-state index in [1.165, 1.54) is 22.5 Å². The Bertz CT molecular complexity index is 1020. The number of hydrogen-bond donors (Lipinski definition) is 0. The topological polar surface area (TPSA) is 43.9 Å². The molecule has 2 saturated heterocycles. The molecule has 1 unspecified atom stereocenters. The van der Waals surface area contributed by atoms with Gasteiger partial charge in [0, 0.05) is 32.7 Å². The average molecular weight is 460 g/mol. The smallest absolute Gasteiger partial charge is 0.264 e. The van der Waals surface area contributed by atoms with Crippen molar-refractivity contribution in [3.63, 3.8) is 0 Å². The summed E-state index contributed by atoms with van der Waals surface area (Å²) >= 11 is 1.44. The maximum absolute atomic E-state index is 13.4. The predicted octanol–water partition coefficient (Wildman–Crippen LogP) is 4.29. The first-order valence-electron chi connectivity index (χ1n) is 11.7. The summed E-state index contributed by atoms with van der Waals surface area (Å²) in [5.74, 6) is 0.0979. The number of thiophene rings is 1. The van der Waals surface area contributed by atoms with Crippen LogP contribution >= 0.6 is 11.3 Å². The molecule has 33 heavy (non-hydrogen) atoms. The molecule has 3 heterocycles. The van der Waals surface area contributed by atoms with Crippen LogP contribution in [-0.2, 0) is 4.79 Å². The maximum atomic E-state index is 13.4. The second kappa shape index (κ2) is 9.89. The third-order valence-electron chi connectivity index (χ3n) is 6.75. The number of benzene rings is 2. The summed E-state index contributed by atoms with van der Waals surface area (Å²) in [5, 5.41) is 1.91. The molecule has 0 radical (unpaired) electrons. The Morgan fingerprint density at radius 1 is 0.788 bits per heavy atom. The summed E-state index contributed by atoms with van der Waals surface area (Å²) in [6.45, 7) is 3.66. The summed E-state index contributed by atoms with van der Waals surface area (Å²) in [6.07, 6.45) is 1.64. The molecule has 0 saturated carbocycles. The Hall–Kier alpha value is -2.96. The van der Waals surface area contributed by atoms with Crippen molar-refractivity contribution in [2.24, 2.45) is 0 Å². The number of carbonyl (C=O) groups excluding carboxylic acids is 2. The van der Waals surface area contributed by atoms with E-state index in [9.17, 15) is 9.59 Å². The molecule has 0 bridgehead atoms. The molecule has 0 spiro atoms. The predicted molar refractivity (Wildman–Crippen MR) is 131 cm³/mol. The highest BCUT2D eigenvalue weighted by Gasteiger charge is 2.38. The molecule has 6 heteroatoms. The fourth-order valence-corrected chi connectivity index (χ4v) is 5.78. The standard InChI is InChI=1S/C27H29N3O2S/c31-26(23-13-7-15-30(23)27(32)24-14-8-20-33-24)29-18-16-28(17-19-29)25(21-9-3-1-4-10-21)22-11-5-2-6-12-22/h1-6,8-12,14,20,23,25H,7,13,15-19H2. The van der Waals surface area contributed by atoms with Crippen LogP contribution in [0, 0.1) is 0 Å². The van der Waals surface area contributed by atoms with E-state index in [1.54, 1.807) is 4.90 Å². The van der Waals surface area contributed by atoms with Gasteiger partial charge < -0.3 is 9.80 Å². The van der Waals surface area contributed by atoms with Crippen molar-refractivity contribution in [1.29, 1.82) is 0 Å².